The van der Waals surface area contributed by atoms with E-state index in [1.807, 2.05) is 13.8 Å². The molecular weight excluding hydrogens is 194 g/mol. The highest BCUT2D eigenvalue weighted by atomic mass is 16.2. The van der Waals surface area contributed by atoms with Gasteiger partial charge >= 0.3 is 0 Å². The molecule has 0 aromatic heterocycles. The fraction of sp³-hybridized carbons (Fsp3) is 0.800. The van der Waals surface area contributed by atoms with E-state index < -0.39 is 6.04 Å². The van der Waals surface area contributed by atoms with Gasteiger partial charge in [0.2, 0.25) is 11.8 Å². The van der Waals surface area contributed by atoms with Gasteiger partial charge in [-0.05, 0) is 20.8 Å². The molecule has 0 fully saturated rings. The third kappa shape index (κ3) is 5.37. The maximum absolute atomic E-state index is 11.5. The quantitative estimate of drug-likeness (QED) is 0.639. The van der Waals surface area contributed by atoms with Crippen molar-refractivity contribution < 1.29 is 9.59 Å². The Morgan fingerprint density at radius 1 is 1.33 bits per heavy atom. The molecule has 5 nitrogen and oxygen atoms in total. The van der Waals surface area contributed by atoms with Gasteiger partial charge in [-0.15, -0.1) is 0 Å². The van der Waals surface area contributed by atoms with Crippen LogP contribution in [-0.4, -0.2) is 42.4 Å². The van der Waals surface area contributed by atoms with Crippen LogP contribution < -0.4 is 11.1 Å². The highest BCUT2D eigenvalue weighted by molar-refractivity contribution is 5.82. The van der Waals surface area contributed by atoms with E-state index in [4.69, 9.17) is 5.73 Å². The summed E-state index contributed by atoms with van der Waals surface area (Å²) in [6, 6.07) is -0.520. The van der Waals surface area contributed by atoms with Gasteiger partial charge < -0.3 is 16.0 Å². The van der Waals surface area contributed by atoms with Crippen LogP contribution in [0.15, 0.2) is 0 Å². The first-order valence-electron chi connectivity index (χ1n) is 5.33. The van der Waals surface area contributed by atoms with Gasteiger partial charge in [-0.1, -0.05) is 0 Å². The Hall–Kier alpha value is -1.10. The highest BCUT2D eigenvalue weighted by Crippen LogP contribution is 1.92. The van der Waals surface area contributed by atoms with E-state index in [1.54, 1.807) is 11.8 Å². The van der Waals surface area contributed by atoms with E-state index in [1.165, 1.54) is 0 Å². The zero-order chi connectivity index (χ0) is 11.8. The monoisotopic (exact) mass is 215 g/mol. The van der Waals surface area contributed by atoms with Crippen molar-refractivity contribution in [2.45, 2.75) is 33.2 Å². The topological polar surface area (TPSA) is 75.4 Å². The molecular formula is C10H21N3O2. The first-order valence-corrected chi connectivity index (χ1v) is 5.33. The summed E-state index contributed by atoms with van der Waals surface area (Å²) < 4.78 is 0. The number of nitrogens with zero attached hydrogens (tertiary/aromatic N) is 1. The van der Waals surface area contributed by atoms with Crippen LogP contribution in [0.1, 0.15) is 27.2 Å². The number of amides is 2. The van der Waals surface area contributed by atoms with E-state index in [0.29, 0.717) is 26.1 Å². The standard InChI is InChI=1S/C10H21N3O2/c1-4-13(5-2)9(14)6-7-12-10(15)8(3)11/h8H,4-7,11H2,1-3H3,(H,12,15)/t8-/m0/s1. The Balaban J connectivity index is 3.76. The van der Waals surface area contributed by atoms with Gasteiger partial charge in [0.1, 0.15) is 0 Å². The number of nitrogens with one attached hydrogen (secondary N) is 1. The molecule has 0 radical (unpaired) electrons. The molecule has 88 valence electrons. The van der Waals surface area contributed by atoms with Gasteiger partial charge in [0.15, 0.2) is 0 Å². The van der Waals surface area contributed by atoms with Crippen molar-refractivity contribution in [1.29, 1.82) is 0 Å². The molecule has 0 bridgehead atoms. The minimum absolute atomic E-state index is 0.0602. The SMILES string of the molecule is CCN(CC)C(=O)CCNC(=O)[C@H](C)N. The summed E-state index contributed by atoms with van der Waals surface area (Å²) in [5.41, 5.74) is 5.36. The predicted molar refractivity (Wildman–Crippen MR) is 59.2 cm³/mol. The van der Waals surface area contributed by atoms with Gasteiger partial charge in [-0.3, -0.25) is 9.59 Å². The lowest BCUT2D eigenvalue weighted by Crippen LogP contribution is -2.40. The third-order valence-corrected chi connectivity index (χ3v) is 2.17. The maximum Gasteiger partial charge on any atom is 0.236 e. The van der Waals surface area contributed by atoms with E-state index in [9.17, 15) is 9.59 Å². The molecule has 15 heavy (non-hydrogen) atoms. The Kier molecular flexibility index (Phi) is 6.70. The second kappa shape index (κ2) is 7.23. The second-order valence-electron chi connectivity index (χ2n) is 3.40. The van der Waals surface area contributed by atoms with Gasteiger partial charge in [0.05, 0.1) is 6.04 Å². The molecule has 0 saturated heterocycles. The van der Waals surface area contributed by atoms with E-state index in [0.717, 1.165) is 0 Å². The number of rotatable bonds is 6. The fourth-order valence-electron chi connectivity index (χ4n) is 1.19. The van der Waals surface area contributed by atoms with Crippen LogP contribution in [-0.2, 0) is 9.59 Å². The van der Waals surface area contributed by atoms with Gasteiger partial charge in [0, 0.05) is 26.1 Å². The molecule has 0 rings (SSSR count). The summed E-state index contributed by atoms with van der Waals surface area (Å²) >= 11 is 0. The molecule has 0 aliphatic heterocycles. The Bertz CT molecular complexity index is 213. The molecule has 0 aromatic rings. The van der Waals surface area contributed by atoms with E-state index in [-0.39, 0.29) is 11.8 Å². The van der Waals surface area contributed by atoms with Crippen molar-refractivity contribution in [1.82, 2.24) is 10.2 Å². The lowest BCUT2D eigenvalue weighted by Gasteiger charge is -2.18. The Labute approximate surface area is 91.0 Å². The number of carbonyl (C=O) groups excluding carboxylic acids is 2. The Morgan fingerprint density at radius 2 is 1.87 bits per heavy atom. The minimum Gasteiger partial charge on any atom is -0.354 e. The van der Waals surface area contributed by atoms with Crippen molar-refractivity contribution in [3.63, 3.8) is 0 Å². The van der Waals surface area contributed by atoms with Gasteiger partial charge in [-0.2, -0.15) is 0 Å². The lowest BCUT2D eigenvalue weighted by molar-refractivity contribution is -0.130. The molecule has 0 aliphatic rings. The van der Waals surface area contributed by atoms with Crippen molar-refractivity contribution >= 4 is 11.8 Å². The van der Waals surface area contributed by atoms with Crippen molar-refractivity contribution in [3.8, 4) is 0 Å². The average Bonchev–Trinajstić information content (AvgIpc) is 2.19. The minimum atomic E-state index is -0.520. The van der Waals surface area contributed by atoms with Crippen LogP contribution in [0, 0.1) is 0 Å². The number of carbonyl (C=O) groups is 2. The number of hydrogen-bond acceptors (Lipinski definition) is 3. The average molecular weight is 215 g/mol. The van der Waals surface area contributed by atoms with E-state index >= 15 is 0 Å². The normalized spacial score (nSPS) is 12.0. The summed E-state index contributed by atoms with van der Waals surface area (Å²) in [4.78, 5) is 24.3. The molecule has 1 atom stereocenters. The van der Waals surface area contributed by atoms with Crippen molar-refractivity contribution in [3.05, 3.63) is 0 Å². The predicted octanol–water partition coefficient (Wildman–Crippen LogP) is -0.292. The molecule has 0 heterocycles. The molecule has 0 aliphatic carbocycles. The lowest BCUT2D eigenvalue weighted by atomic mass is 10.3. The van der Waals surface area contributed by atoms with Crippen LogP contribution in [0.3, 0.4) is 0 Å². The number of nitrogens with two attached hydrogens (primary N) is 1. The second-order valence-corrected chi connectivity index (χ2v) is 3.40. The molecule has 5 heteroatoms. The van der Waals surface area contributed by atoms with Crippen LogP contribution in [0.25, 0.3) is 0 Å². The van der Waals surface area contributed by atoms with Crippen LogP contribution in [0.4, 0.5) is 0 Å². The summed E-state index contributed by atoms with van der Waals surface area (Å²) in [6.45, 7) is 7.24. The highest BCUT2D eigenvalue weighted by Gasteiger charge is 2.10. The summed E-state index contributed by atoms with van der Waals surface area (Å²) in [5.74, 6) is -0.160. The zero-order valence-electron chi connectivity index (χ0n) is 9.75. The molecule has 0 aromatic carbocycles. The molecule has 3 N–H and O–H groups in total. The summed E-state index contributed by atoms with van der Waals surface area (Å²) in [5, 5.41) is 2.60. The van der Waals surface area contributed by atoms with E-state index in [2.05, 4.69) is 5.32 Å². The zero-order valence-corrected chi connectivity index (χ0v) is 9.75. The Morgan fingerprint density at radius 3 is 2.27 bits per heavy atom. The first-order chi connectivity index (χ1) is 7.02. The van der Waals surface area contributed by atoms with Crippen LogP contribution in [0.5, 0.6) is 0 Å². The first kappa shape index (κ1) is 13.9. The van der Waals surface area contributed by atoms with Gasteiger partial charge in [-0.25, -0.2) is 0 Å². The molecule has 0 unspecified atom stereocenters. The fourth-order valence-corrected chi connectivity index (χ4v) is 1.19. The molecule has 0 saturated carbocycles. The van der Waals surface area contributed by atoms with Crippen molar-refractivity contribution in [2.24, 2.45) is 5.73 Å². The largest absolute Gasteiger partial charge is 0.354 e. The molecule has 0 spiro atoms. The van der Waals surface area contributed by atoms with Crippen LogP contribution >= 0.6 is 0 Å². The van der Waals surface area contributed by atoms with Gasteiger partial charge in [0.25, 0.3) is 0 Å². The third-order valence-electron chi connectivity index (χ3n) is 2.17. The van der Waals surface area contributed by atoms with Crippen LogP contribution in [0.2, 0.25) is 0 Å². The summed E-state index contributed by atoms with van der Waals surface area (Å²) in [7, 11) is 0. The molecule has 2 amide bonds. The maximum atomic E-state index is 11.5. The number of hydrogen-bond donors (Lipinski definition) is 2. The smallest absolute Gasteiger partial charge is 0.236 e. The van der Waals surface area contributed by atoms with Crippen molar-refractivity contribution in [2.75, 3.05) is 19.6 Å². The summed E-state index contributed by atoms with van der Waals surface area (Å²) in [6.07, 6.45) is 0.333.